The Bertz CT molecular complexity index is 679. The van der Waals surface area contributed by atoms with Crippen LogP contribution in [0.1, 0.15) is 11.1 Å². The summed E-state index contributed by atoms with van der Waals surface area (Å²) >= 11 is 0. The normalized spacial score (nSPS) is 17.5. The Morgan fingerprint density at radius 1 is 1.36 bits per heavy atom. The van der Waals surface area contributed by atoms with E-state index in [1.54, 1.807) is 24.3 Å². The van der Waals surface area contributed by atoms with Gasteiger partial charge in [-0.05, 0) is 11.1 Å². The first-order valence-corrected chi connectivity index (χ1v) is 7.53. The van der Waals surface area contributed by atoms with Gasteiger partial charge in [-0.25, -0.2) is 12.7 Å². The number of benzene rings is 1. The molecule has 0 radical (unpaired) electrons. The molecule has 2 amide bonds. The van der Waals surface area contributed by atoms with E-state index in [0.717, 1.165) is 11.1 Å². The number of nitrogens with zero attached hydrogens (tertiary/aromatic N) is 1. The minimum atomic E-state index is -4.79. The Kier molecular flexibility index (Phi) is 6.53. The monoisotopic (exact) mass is 335 g/mol. The van der Waals surface area contributed by atoms with Gasteiger partial charge in [-0.15, -0.1) is 0 Å². The fraction of sp³-hybridized carbons (Fsp3) is 0.333. The topological polar surface area (TPSA) is 133 Å². The van der Waals surface area contributed by atoms with Crippen molar-refractivity contribution in [2.45, 2.75) is 19.0 Å². The second kappa shape index (κ2) is 7.53. The van der Waals surface area contributed by atoms with Crippen LogP contribution in [0.4, 0.5) is 0 Å². The van der Waals surface area contributed by atoms with E-state index < -0.39 is 28.2 Å². The third kappa shape index (κ3) is 4.28. The molecule has 1 fully saturated rings. The first-order chi connectivity index (χ1) is 9.82. The number of β-lactam (4-membered cyclic amide) rings is 1. The van der Waals surface area contributed by atoms with Crippen molar-refractivity contribution in [1.82, 2.24) is 9.62 Å². The number of nitrogens with two attached hydrogens (primary N) is 1. The largest absolute Gasteiger partial charge is 1.00 e. The van der Waals surface area contributed by atoms with E-state index in [2.05, 4.69) is 5.32 Å². The van der Waals surface area contributed by atoms with Crippen molar-refractivity contribution in [3.05, 3.63) is 35.4 Å². The van der Waals surface area contributed by atoms with Gasteiger partial charge in [0.15, 0.2) is 10.3 Å². The van der Waals surface area contributed by atoms with Gasteiger partial charge in [0.1, 0.15) is 6.04 Å². The zero-order valence-electron chi connectivity index (χ0n) is 12.0. The van der Waals surface area contributed by atoms with Crippen LogP contribution in [-0.2, 0) is 32.9 Å². The summed E-state index contributed by atoms with van der Waals surface area (Å²) in [5.41, 5.74) is 7.11. The molecule has 1 aromatic rings. The van der Waals surface area contributed by atoms with Crippen LogP contribution in [0, 0.1) is 0 Å². The molecular weight excluding hydrogens is 321 g/mol. The first-order valence-electron chi connectivity index (χ1n) is 6.16. The molecule has 10 heteroatoms. The summed E-state index contributed by atoms with van der Waals surface area (Å²) in [6.45, 7) is -0.0387. The maximum Gasteiger partial charge on any atom is 1.00 e. The summed E-state index contributed by atoms with van der Waals surface area (Å²) in [4.78, 5) is 23.3. The second-order valence-corrected chi connectivity index (χ2v) is 5.89. The standard InChI is InChI=1S/C12H15N3O5S.Na/c13-6-9-4-2-1-3-8(9)5-11(16)14-10-7-15(12(10)17)21(18,19)20;/h1-4,10H,5-7,13H2,(H,14,16)(H,18,19,20);/q;+1/p-1. The molecule has 0 saturated carbocycles. The van der Waals surface area contributed by atoms with Crippen molar-refractivity contribution in [3.63, 3.8) is 0 Å². The van der Waals surface area contributed by atoms with Crippen LogP contribution in [0.15, 0.2) is 24.3 Å². The van der Waals surface area contributed by atoms with Crippen LogP contribution in [0.5, 0.6) is 0 Å². The van der Waals surface area contributed by atoms with E-state index in [4.69, 9.17) is 5.73 Å². The van der Waals surface area contributed by atoms with Crippen molar-refractivity contribution < 1.29 is 52.1 Å². The van der Waals surface area contributed by atoms with Gasteiger partial charge in [0.2, 0.25) is 5.91 Å². The Morgan fingerprint density at radius 3 is 2.45 bits per heavy atom. The number of carbonyl (C=O) groups is 2. The summed E-state index contributed by atoms with van der Waals surface area (Å²) < 4.78 is 32.1. The van der Waals surface area contributed by atoms with E-state index in [9.17, 15) is 22.6 Å². The van der Waals surface area contributed by atoms with Crippen molar-refractivity contribution >= 4 is 22.1 Å². The first kappa shape index (κ1) is 19.1. The van der Waals surface area contributed by atoms with Crippen molar-refractivity contribution in [2.24, 2.45) is 5.73 Å². The molecule has 2 rings (SSSR count). The predicted octanol–water partition coefficient (Wildman–Crippen LogP) is -4.52. The molecule has 3 N–H and O–H groups in total. The average Bonchev–Trinajstić information content (AvgIpc) is 2.41. The number of nitrogens with one attached hydrogen (secondary N) is 1. The molecule has 1 heterocycles. The Hall–Kier alpha value is -0.970. The Morgan fingerprint density at radius 2 is 1.95 bits per heavy atom. The van der Waals surface area contributed by atoms with E-state index >= 15 is 0 Å². The number of amides is 2. The molecule has 1 unspecified atom stereocenters. The van der Waals surface area contributed by atoms with Gasteiger partial charge in [0.25, 0.3) is 5.91 Å². The smallest absolute Gasteiger partial charge is 0.731 e. The predicted molar refractivity (Wildman–Crippen MR) is 71.4 cm³/mol. The van der Waals surface area contributed by atoms with Crippen LogP contribution >= 0.6 is 0 Å². The quantitative estimate of drug-likeness (QED) is 0.316. The zero-order chi connectivity index (χ0) is 15.6. The summed E-state index contributed by atoms with van der Waals surface area (Å²) in [5, 5.41) is 2.39. The average molecular weight is 335 g/mol. The van der Waals surface area contributed by atoms with Crippen LogP contribution in [-0.4, -0.2) is 41.7 Å². The third-order valence-corrected chi connectivity index (χ3v) is 4.06. The van der Waals surface area contributed by atoms with Gasteiger partial charge in [-0.2, -0.15) is 0 Å². The van der Waals surface area contributed by atoms with Gasteiger partial charge in [0, 0.05) is 6.54 Å². The minimum Gasteiger partial charge on any atom is -0.731 e. The van der Waals surface area contributed by atoms with Crippen LogP contribution in [0.25, 0.3) is 0 Å². The summed E-state index contributed by atoms with van der Waals surface area (Å²) in [6, 6.07) is 6.14. The van der Waals surface area contributed by atoms with Gasteiger partial charge in [-0.1, -0.05) is 24.3 Å². The number of hydrogen-bond acceptors (Lipinski definition) is 6. The molecule has 1 saturated heterocycles. The molecule has 114 valence electrons. The maximum atomic E-state index is 11.8. The second-order valence-electron chi connectivity index (χ2n) is 4.60. The number of carbonyl (C=O) groups excluding carboxylic acids is 2. The van der Waals surface area contributed by atoms with Gasteiger partial charge < -0.3 is 15.6 Å². The van der Waals surface area contributed by atoms with Crippen molar-refractivity contribution in [1.29, 1.82) is 0 Å². The fourth-order valence-corrected chi connectivity index (χ4v) is 2.73. The van der Waals surface area contributed by atoms with Crippen LogP contribution < -0.4 is 40.6 Å². The summed E-state index contributed by atoms with van der Waals surface area (Å²) in [5.74, 6) is -1.34. The molecule has 0 aromatic heterocycles. The molecule has 1 atom stereocenters. The van der Waals surface area contributed by atoms with Crippen molar-refractivity contribution in [2.75, 3.05) is 6.54 Å². The van der Waals surface area contributed by atoms with E-state index in [1.165, 1.54) is 0 Å². The molecule has 0 aliphatic carbocycles. The molecule has 8 nitrogen and oxygen atoms in total. The van der Waals surface area contributed by atoms with Crippen LogP contribution in [0.3, 0.4) is 0 Å². The number of hydrogen-bond donors (Lipinski definition) is 2. The molecule has 1 aliphatic rings. The van der Waals surface area contributed by atoms with E-state index in [0.29, 0.717) is 0 Å². The molecule has 0 spiro atoms. The molecule has 1 aromatic carbocycles. The third-order valence-electron chi connectivity index (χ3n) is 3.19. The summed E-state index contributed by atoms with van der Waals surface area (Å²) in [6.07, 6.45) is 0.0290. The zero-order valence-corrected chi connectivity index (χ0v) is 14.8. The number of rotatable bonds is 5. The van der Waals surface area contributed by atoms with Gasteiger partial charge in [0.05, 0.1) is 13.0 Å². The molecule has 1 aliphatic heterocycles. The minimum absolute atomic E-state index is 0. The van der Waals surface area contributed by atoms with Gasteiger partial charge >= 0.3 is 29.6 Å². The van der Waals surface area contributed by atoms with Crippen LogP contribution in [0.2, 0.25) is 0 Å². The molecule has 22 heavy (non-hydrogen) atoms. The van der Waals surface area contributed by atoms with E-state index in [-0.39, 0.29) is 53.4 Å². The summed E-state index contributed by atoms with van der Waals surface area (Å²) in [7, 11) is -4.79. The van der Waals surface area contributed by atoms with Gasteiger partial charge in [-0.3, -0.25) is 9.59 Å². The SMILES string of the molecule is NCc1ccccc1CC(=O)NC1CN(S(=O)(=O)[O-])C1=O.[Na+]. The van der Waals surface area contributed by atoms with Crippen molar-refractivity contribution in [3.8, 4) is 0 Å². The Labute approximate surface area is 150 Å². The Balaban J connectivity index is 0.00000242. The molecule has 0 bridgehead atoms. The molecular formula is C12H14N3NaO5S. The van der Waals surface area contributed by atoms with E-state index in [1.807, 2.05) is 0 Å². The fourth-order valence-electron chi connectivity index (χ4n) is 2.05. The maximum absolute atomic E-state index is 11.8.